The van der Waals surface area contributed by atoms with Crippen LogP contribution in [0.4, 0.5) is 0 Å². The molecule has 0 heterocycles. The molecular formula is C11H20O2. The fourth-order valence-electron chi connectivity index (χ4n) is 0.951. The van der Waals surface area contributed by atoms with Gasteiger partial charge in [-0.3, -0.25) is 4.79 Å². The summed E-state index contributed by atoms with van der Waals surface area (Å²) in [6, 6.07) is 0. The molecule has 2 heteroatoms. The molecule has 76 valence electrons. The van der Waals surface area contributed by atoms with Crippen molar-refractivity contribution in [3.8, 4) is 0 Å². The second kappa shape index (κ2) is 4.56. The lowest BCUT2D eigenvalue weighted by Gasteiger charge is -2.24. The Bertz CT molecular complexity index is 199. The van der Waals surface area contributed by atoms with Gasteiger partial charge in [0.15, 0.2) is 5.78 Å². The van der Waals surface area contributed by atoms with Gasteiger partial charge in [-0.15, -0.1) is 0 Å². The van der Waals surface area contributed by atoms with Gasteiger partial charge >= 0.3 is 0 Å². The van der Waals surface area contributed by atoms with Crippen LogP contribution in [0, 0.1) is 5.41 Å². The van der Waals surface area contributed by atoms with Gasteiger partial charge < -0.3 is 5.11 Å². The summed E-state index contributed by atoms with van der Waals surface area (Å²) in [6.07, 6.45) is 0.216. The molecule has 0 aromatic rings. The van der Waals surface area contributed by atoms with E-state index in [1.165, 1.54) is 0 Å². The molecule has 1 N–H and O–H groups in total. The fraction of sp³-hybridized carbons (Fsp3) is 0.727. The molecule has 0 saturated carbocycles. The third kappa shape index (κ3) is 4.23. The van der Waals surface area contributed by atoms with E-state index in [4.69, 9.17) is 0 Å². The zero-order valence-electron chi connectivity index (χ0n) is 9.05. The van der Waals surface area contributed by atoms with Crippen LogP contribution < -0.4 is 0 Å². The lowest BCUT2D eigenvalue weighted by molar-refractivity contribution is -0.131. The average molecular weight is 184 g/mol. The lowest BCUT2D eigenvalue weighted by atomic mass is 9.85. The van der Waals surface area contributed by atoms with Crippen LogP contribution in [0.15, 0.2) is 12.2 Å². The van der Waals surface area contributed by atoms with E-state index in [9.17, 15) is 9.90 Å². The van der Waals surface area contributed by atoms with E-state index in [2.05, 4.69) is 6.58 Å². The number of hydrogen-bond donors (Lipinski definition) is 1. The largest absolute Gasteiger partial charge is 0.385 e. The highest BCUT2D eigenvalue weighted by molar-refractivity contribution is 5.85. The van der Waals surface area contributed by atoms with E-state index in [0.717, 1.165) is 12.0 Å². The van der Waals surface area contributed by atoms with Gasteiger partial charge in [0.25, 0.3) is 0 Å². The molecule has 0 bridgehead atoms. The van der Waals surface area contributed by atoms with E-state index >= 15 is 0 Å². The van der Waals surface area contributed by atoms with E-state index in [0.29, 0.717) is 6.42 Å². The Labute approximate surface area is 80.7 Å². The van der Waals surface area contributed by atoms with Gasteiger partial charge in [0, 0.05) is 6.42 Å². The highest BCUT2D eigenvalue weighted by Crippen LogP contribution is 2.21. The molecule has 0 amide bonds. The first-order valence-corrected chi connectivity index (χ1v) is 4.66. The molecule has 0 aromatic heterocycles. The molecule has 13 heavy (non-hydrogen) atoms. The SMILES string of the molecule is C=C(CC)CC(=O)C(O)C(C)(C)C. The van der Waals surface area contributed by atoms with Crippen molar-refractivity contribution in [2.75, 3.05) is 0 Å². The van der Waals surface area contributed by atoms with Crippen molar-refractivity contribution in [2.45, 2.75) is 46.6 Å². The first-order chi connectivity index (χ1) is 5.79. The van der Waals surface area contributed by atoms with Gasteiger partial charge in [-0.1, -0.05) is 39.8 Å². The summed E-state index contributed by atoms with van der Waals surface area (Å²) in [6.45, 7) is 11.3. The van der Waals surface area contributed by atoms with Crippen molar-refractivity contribution in [3.63, 3.8) is 0 Å². The third-order valence-electron chi connectivity index (χ3n) is 2.05. The molecular weight excluding hydrogens is 164 g/mol. The molecule has 1 unspecified atom stereocenters. The summed E-state index contributed by atoms with van der Waals surface area (Å²) >= 11 is 0. The van der Waals surface area contributed by atoms with Crippen molar-refractivity contribution >= 4 is 5.78 Å². The Morgan fingerprint density at radius 1 is 1.46 bits per heavy atom. The fourth-order valence-corrected chi connectivity index (χ4v) is 0.951. The van der Waals surface area contributed by atoms with Crippen LogP contribution in [-0.4, -0.2) is 17.0 Å². The monoisotopic (exact) mass is 184 g/mol. The van der Waals surface area contributed by atoms with Crippen molar-refractivity contribution in [1.82, 2.24) is 0 Å². The maximum absolute atomic E-state index is 11.4. The number of Topliss-reactive ketones (excluding diaryl/α,β-unsaturated/α-hetero) is 1. The summed E-state index contributed by atoms with van der Waals surface area (Å²) < 4.78 is 0. The number of carbonyl (C=O) groups excluding carboxylic acids is 1. The highest BCUT2D eigenvalue weighted by atomic mass is 16.3. The molecule has 1 atom stereocenters. The van der Waals surface area contributed by atoms with Crippen LogP contribution in [0.1, 0.15) is 40.5 Å². The van der Waals surface area contributed by atoms with Crippen molar-refractivity contribution < 1.29 is 9.90 Å². The standard InChI is InChI=1S/C11H20O2/c1-6-8(2)7-9(12)10(13)11(3,4)5/h10,13H,2,6-7H2,1,3-5H3. The molecule has 0 fully saturated rings. The van der Waals surface area contributed by atoms with Gasteiger partial charge in [-0.05, 0) is 11.8 Å². The van der Waals surface area contributed by atoms with E-state index < -0.39 is 6.10 Å². The number of allylic oxidation sites excluding steroid dienone is 1. The predicted octanol–water partition coefficient (Wildman–Crippen LogP) is 2.32. The second-order valence-electron chi connectivity index (χ2n) is 4.52. The predicted molar refractivity (Wildman–Crippen MR) is 54.5 cm³/mol. The quantitative estimate of drug-likeness (QED) is 0.681. The number of aliphatic hydroxyl groups excluding tert-OH is 1. The van der Waals surface area contributed by atoms with Gasteiger partial charge in [-0.25, -0.2) is 0 Å². The smallest absolute Gasteiger partial charge is 0.165 e. The zero-order chi connectivity index (χ0) is 10.6. The molecule has 0 rings (SSSR count). The van der Waals surface area contributed by atoms with Gasteiger partial charge in [0.2, 0.25) is 0 Å². The molecule has 0 radical (unpaired) electrons. The van der Waals surface area contributed by atoms with Crippen LogP contribution in [0.3, 0.4) is 0 Å². The van der Waals surface area contributed by atoms with Crippen LogP contribution >= 0.6 is 0 Å². The number of carbonyl (C=O) groups is 1. The molecule has 0 aliphatic heterocycles. The molecule has 0 aliphatic carbocycles. The molecule has 0 spiro atoms. The maximum Gasteiger partial charge on any atom is 0.165 e. The molecule has 0 aromatic carbocycles. The second-order valence-corrected chi connectivity index (χ2v) is 4.52. The highest BCUT2D eigenvalue weighted by Gasteiger charge is 2.28. The van der Waals surface area contributed by atoms with Crippen molar-refractivity contribution in [2.24, 2.45) is 5.41 Å². The first kappa shape index (κ1) is 12.4. The van der Waals surface area contributed by atoms with E-state index in [1.807, 2.05) is 27.7 Å². The summed E-state index contributed by atoms with van der Waals surface area (Å²) in [7, 11) is 0. The van der Waals surface area contributed by atoms with Crippen LogP contribution in [0.2, 0.25) is 0 Å². The summed E-state index contributed by atoms with van der Waals surface area (Å²) in [5.41, 5.74) is 0.513. The molecule has 0 aliphatic rings. The third-order valence-corrected chi connectivity index (χ3v) is 2.05. The summed E-state index contributed by atoms with van der Waals surface area (Å²) in [4.78, 5) is 11.4. The van der Waals surface area contributed by atoms with Crippen molar-refractivity contribution in [1.29, 1.82) is 0 Å². The minimum absolute atomic E-state index is 0.126. The molecule has 0 saturated heterocycles. The number of aliphatic hydroxyl groups is 1. The Hall–Kier alpha value is -0.630. The Morgan fingerprint density at radius 2 is 1.92 bits per heavy atom. The summed E-state index contributed by atoms with van der Waals surface area (Å²) in [5, 5.41) is 9.61. The minimum atomic E-state index is -0.879. The van der Waals surface area contributed by atoms with Gasteiger partial charge in [0.1, 0.15) is 6.10 Å². The first-order valence-electron chi connectivity index (χ1n) is 4.66. The maximum atomic E-state index is 11.4. The Morgan fingerprint density at radius 3 is 2.23 bits per heavy atom. The number of hydrogen-bond acceptors (Lipinski definition) is 2. The van der Waals surface area contributed by atoms with Crippen LogP contribution in [0.25, 0.3) is 0 Å². The van der Waals surface area contributed by atoms with Crippen molar-refractivity contribution in [3.05, 3.63) is 12.2 Å². The minimum Gasteiger partial charge on any atom is -0.385 e. The number of rotatable bonds is 4. The van der Waals surface area contributed by atoms with Gasteiger partial charge in [0.05, 0.1) is 0 Å². The zero-order valence-corrected chi connectivity index (χ0v) is 9.05. The normalized spacial score (nSPS) is 13.9. The average Bonchev–Trinajstić information content (AvgIpc) is 2.01. The molecule has 2 nitrogen and oxygen atoms in total. The topological polar surface area (TPSA) is 37.3 Å². The summed E-state index contributed by atoms with van der Waals surface area (Å²) in [5.74, 6) is -0.126. The van der Waals surface area contributed by atoms with Crippen LogP contribution in [-0.2, 0) is 4.79 Å². The van der Waals surface area contributed by atoms with Crippen LogP contribution in [0.5, 0.6) is 0 Å². The van der Waals surface area contributed by atoms with Gasteiger partial charge in [-0.2, -0.15) is 0 Å². The Kier molecular flexibility index (Phi) is 4.34. The van der Waals surface area contributed by atoms with E-state index in [-0.39, 0.29) is 11.2 Å². The van der Waals surface area contributed by atoms with E-state index in [1.54, 1.807) is 0 Å². The number of ketones is 1. The lowest BCUT2D eigenvalue weighted by Crippen LogP contribution is -2.34. The Balaban J connectivity index is 4.20.